The summed E-state index contributed by atoms with van der Waals surface area (Å²) in [5.74, 6) is 1.54. The molecule has 0 aliphatic carbocycles. The first kappa shape index (κ1) is 21.2. The Morgan fingerprint density at radius 3 is 2.94 bits per heavy atom. The summed E-state index contributed by atoms with van der Waals surface area (Å²) >= 11 is 6.34. The third-order valence-electron chi connectivity index (χ3n) is 5.21. The molecule has 8 heteroatoms. The minimum absolute atomic E-state index is 0.212. The van der Waals surface area contributed by atoms with Crippen LogP contribution in [0, 0.1) is 0 Å². The summed E-state index contributed by atoms with van der Waals surface area (Å²) in [5, 5.41) is 3.39. The Bertz CT molecular complexity index is 1270. The summed E-state index contributed by atoms with van der Waals surface area (Å²) in [6.45, 7) is 1.75. The van der Waals surface area contributed by atoms with Crippen molar-refractivity contribution in [3.8, 4) is 17.2 Å². The van der Waals surface area contributed by atoms with Crippen LogP contribution in [0.5, 0.6) is 17.2 Å². The highest BCUT2D eigenvalue weighted by atomic mass is 35.5. The normalized spacial score (nSPS) is 12.9. The van der Waals surface area contributed by atoms with Crippen LogP contribution in [0.25, 0.3) is 5.65 Å². The Kier molecular flexibility index (Phi) is 6.04. The van der Waals surface area contributed by atoms with Gasteiger partial charge in [0.15, 0.2) is 11.5 Å². The summed E-state index contributed by atoms with van der Waals surface area (Å²) in [6.07, 6.45) is 4.66. The lowest BCUT2D eigenvalue weighted by Gasteiger charge is -2.12. The molecule has 7 nitrogen and oxygen atoms in total. The molecule has 1 N–H and O–H groups in total. The third-order valence-corrected chi connectivity index (χ3v) is 5.49. The van der Waals surface area contributed by atoms with Crippen LogP contribution in [-0.2, 0) is 13.2 Å². The lowest BCUT2D eigenvalue weighted by molar-refractivity contribution is 0.0950. The van der Waals surface area contributed by atoms with Gasteiger partial charge in [0, 0.05) is 30.9 Å². The van der Waals surface area contributed by atoms with E-state index in [1.54, 1.807) is 24.3 Å². The number of hydrogen-bond donors (Lipinski definition) is 1. The van der Waals surface area contributed by atoms with Crippen molar-refractivity contribution in [1.82, 2.24) is 14.7 Å². The number of amides is 1. The molecule has 1 aliphatic heterocycles. The topological polar surface area (TPSA) is 74.1 Å². The number of ether oxygens (including phenoxy) is 3. The van der Waals surface area contributed by atoms with Crippen molar-refractivity contribution in [1.29, 1.82) is 0 Å². The minimum atomic E-state index is -0.212. The number of rotatable bonds is 6. The van der Waals surface area contributed by atoms with Gasteiger partial charge in [-0.1, -0.05) is 23.7 Å². The van der Waals surface area contributed by atoms with E-state index in [-0.39, 0.29) is 5.91 Å². The molecule has 5 rings (SSSR count). The first-order valence-corrected chi connectivity index (χ1v) is 11.1. The monoisotopic (exact) mass is 463 g/mol. The average Bonchev–Trinajstić information content (AvgIpc) is 3.10. The highest BCUT2D eigenvalue weighted by Gasteiger charge is 2.16. The van der Waals surface area contributed by atoms with Crippen LogP contribution in [-0.4, -0.2) is 28.5 Å². The van der Waals surface area contributed by atoms with E-state index in [1.165, 1.54) is 0 Å². The fourth-order valence-electron chi connectivity index (χ4n) is 3.61. The van der Waals surface area contributed by atoms with Gasteiger partial charge in [-0.15, -0.1) is 0 Å². The van der Waals surface area contributed by atoms with E-state index in [9.17, 15) is 4.79 Å². The Morgan fingerprint density at radius 2 is 2.03 bits per heavy atom. The van der Waals surface area contributed by atoms with Crippen LogP contribution in [0.2, 0.25) is 5.02 Å². The molecule has 4 aromatic rings. The standard InChI is InChI=1S/C25H22ClN3O4/c26-21-11-17(12-22-24(21)32-10-4-9-31-22)14-27-25(30)18-5-3-6-20(13-18)33-16-19-15-29-8-2-1-7-23(29)28-19/h1-3,5-8,11-13,15H,4,9-10,14,16H2,(H,27,30). The van der Waals surface area contributed by atoms with Gasteiger partial charge in [-0.3, -0.25) is 4.79 Å². The van der Waals surface area contributed by atoms with Crippen molar-refractivity contribution < 1.29 is 19.0 Å². The Hall–Kier alpha value is -3.71. The first-order valence-electron chi connectivity index (χ1n) is 10.7. The van der Waals surface area contributed by atoms with Crippen LogP contribution >= 0.6 is 11.6 Å². The van der Waals surface area contributed by atoms with Crippen LogP contribution in [0.1, 0.15) is 28.0 Å². The summed E-state index contributed by atoms with van der Waals surface area (Å²) in [5.41, 5.74) is 3.00. The van der Waals surface area contributed by atoms with Gasteiger partial charge in [0.05, 0.1) is 23.9 Å². The molecular formula is C25H22ClN3O4. The number of hydrogen-bond acceptors (Lipinski definition) is 5. The second kappa shape index (κ2) is 9.42. The lowest BCUT2D eigenvalue weighted by Crippen LogP contribution is -2.22. The van der Waals surface area contributed by atoms with Crippen molar-refractivity contribution in [3.63, 3.8) is 0 Å². The Balaban J connectivity index is 1.22. The van der Waals surface area contributed by atoms with E-state index < -0.39 is 0 Å². The molecule has 0 saturated carbocycles. The second-order valence-corrected chi connectivity index (χ2v) is 8.06. The van der Waals surface area contributed by atoms with Gasteiger partial charge < -0.3 is 23.9 Å². The van der Waals surface area contributed by atoms with E-state index >= 15 is 0 Å². The zero-order valence-electron chi connectivity index (χ0n) is 17.8. The molecule has 1 amide bonds. The Morgan fingerprint density at radius 1 is 1.12 bits per heavy atom. The number of pyridine rings is 1. The number of imidazole rings is 1. The van der Waals surface area contributed by atoms with Crippen molar-refractivity contribution in [3.05, 3.63) is 88.8 Å². The number of nitrogens with zero attached hydrogens (tertiary/aromatic N) is 2. The second-order valence-electron chi connectivity index (χ2n) is 7.65. The number of nitrogens with one attached hydrogen (secondary N) is 1. The first-order chi connectivity index (χ1) is 16.2. The van der Waals surface area contributed by atoms with Crippen LogP contribution in [0.3, 0.4) is 0 Å². The predicted octanol–water partition coefficient (Wildman–Crippen LogP) is 4.66. The van der Waals surface area contributed by atoms with Gasteiger partial charge >= 0.3 is 0 Å². The molecule has 0 spiro atoms. The SMILES string of the molecule is O=C(NCc1cc(Cl)c2c(c1)OCCCO2)c1cccc(OCc2cn3ccccc3n2)c1. The summed E-state index contributed by atoms with van der Waals surface area (Å²) in [7, 11) is 0. The zero-order valence-corrected chi connectivity index (χ0v) is 18.5. The summed E-state index contributed by atoms with van der Waals surface area (Å²) in [4.78, 5) is 17.2. The summed E-state index contributed by atoms with van der Waals surface area (Å²) < 4.78 is 19.2. The van der Waals surface area contributed by atoms with E-state index in [2.05, 4.69) is 10.3 Å². The molecule has 0 saturated heterocycles. The van der Waals surface area contributed by atoms with E-state index in [0.717, 1.165) is 23.3 Å². The predicted molar refractivity (Wildman–Crippen MR) is 124 cm³/mol. The van der Waals surface area contributed by atoms with Crippen LogP contribution in [0.4, 0.5) is 0 Å². The molecule has 168 valence electrons. The van der Waals surface area contributed by atoms with E-state index in [4.69, 9.17) is 25.8 Å². The minimum Gasteiger partial charge on any atom is -0.489 e. The number of benzene rings is 2. The molecule has 0 atom stereocenters. The van der Waals surface area contributed by atoms with Gasteiger partial charge in [-0.2, -0.15) is 0 Å². The maximum absolute atomic E-state index is 12.7. The molecule has 2 aromatic carbocycles. The highest BCUT2D eigenvalue weighted by molar-refractivity contribution is 6.32. The molecule has 2 aromatic heterocycles. The van der Waals surface area contributed by atoms with Gasteiger partial charge in [0.2, 0.25) is 0 Å². The van der Waals surface area contributed by atoms with Gasteiger partial charge in [-0.25, -0.2) is 4.98 Å². The molecule has 0 bridgehead atoms. The van der Waals surface area contributed by atoms with Crippen LogP contribution in [0.15, 0.2) is 67.0 Å². The smallest absolute Gasteiger partial charge is 0.251 e. The lowest BCUT2D eigenvalue weighted by atomic mass is 10.1. The van der Waals surface area contributed by atoms with Crippen molar-refractivity contribution in [2.24, 2.45) is 0 Å². The molecule has 3 heterocycles. The zero-order chi connectivity index (χ0) is 22.6. The quantitative estimate of drug-likeness (QED) is 0.450. The molecule has 1 aliphatic rings. The average molecular weight is 464 g/mol. The maximum atomic E-state index is 12.7. The highest BCUT2D eigenvalue weighted by Crippen LogP contribution is 2.38. The Labute approximate surface area is 195 Å². The molecule has 33 heavy (non-hydrogen) atoms. The number of aromatic nitrogens is 2. The molecular weight excluding hydrogens is 442 g/mol. The molecule has 0 unspecified atom stereocenters. The van der Waals surface area contributed by atoms with E-state index in [1.807, 2.05) is 47.1 Å². The van der Waals surface area contributed by atoms with Crippen molar-refractivity contribution >= 4 is 23.2 Å². The van der Waals surface area contributed by atoms with Gasteiger partial charge in [-0.05, 0) is 48.0 Å². The summed E-state index contributed by atoms with van der Waals surface area (Å²) in [6, 6.07) is 16.5. The van der Waals surface area contributed by atoms with Crippen molar-refractivity contribution in [2.45, 2.75) is 19.6 Å². The number of fused-ring (bicyclic) bond motifs is 2. The van der Waals surface area contributed by atoms with Crippen LogP contribution < -0.4 is 19.5 Å². The maximum Gasteiger partial charge on any atom is 0.251 e. The largest absolute Gasteiger partial charge is 0.489 e. The fraction of sp³-hybridized carbons (Fsp3) is 0.200. The van der Waals surface area contributed by atoms with Crippen molar-refractivity contribution in [2.75, 3.05) is 13.2 Å². The van der Waals surface area contributed by atoms with Gasteiger partial charge in [0.1, 0.15) is 18.0 Å². The number of halogens is 1. The molecule has 0 fully saturated rings. The third kappa shape index (κ3) is 4.88. The van der Waals surface area contributed by atoms with E-state index in [0.29, 0.717) is 54.2 Å². The van der Waals surface area contributed by atoms with Gasteiger partial charge in [0.25, 0.3) is 5.91 Å². The fourth-order valence-corrected chi connectivity index (χ4v) is 3.90. The number of carbonyl (C=O) groups excluding carboxylic acids is 1. The number of carbonyl (C=O) groups is 1. The molecule has 0 radical (unpaired) electrons.